The number of nitrogens with one attached hydrogen (secondary N) is 2. The third-order valence-corrected chi connectivity index (χ3v) is 4.82. The Labute approximate surface area is 132 Å². The van der Waals surface area contributed by atoms with Crippen molar-refractivity contribution in [3.8, 4) is 0 Å². The SMILES string of the molecule is CCC(CC)NC(=O)c1ccc(S(=O)(=O)NCCOC)cc1. The van der Waals surface area contributed by atoms with Gasteiger partial charge in [-0.25, -0.2) is 13.1 Å². The molecule has 7 heteroatoms. The fourth-order valence-corrected chi connectivity index (χ4v) is 2.92. The zero-order valence-corrected chi connectivity index (χ0v) is 14.1. The minimum absolute atomic E-state index is 0.127. The number of hydrogen-bond donors (Lipinski definition) is 2. The molecule has 2 N–H and O–H groups in total. The van der Waals surface area contributed by atoms with Crippen molar-refractivity contribution in [2.45, 2.75) is 37.6 Å². The average Bonchev–Trinajstić information content (AvgIpc) is 2.52. The van der Waals surface area contributed by atoms with Gasteiger partial charge in [-0.15, -0.1) is 0 Å². The predicted octanol–water partition coefficient (Wildman–Crippen LogP) is 1.53. The van der Waals surface area contributed by atoms with Crippen molar-refractivity contribution in [1.82, 2.24) is 10.0 Å². The van der Waals surface area contributed by atoms with E-state index in [-0.39, 0.29) is 23.4 Å². The van der Waals surface area contributed by atoms with E-state index in [1.54, 1.807) is 0 Å². The van der Waals surface area contributed by atoms with Crippen LogP contribution in [0.5, 0.6) is 0 Å². The van der Waals surface area contributed by atoms with E-state index in [0.29, 0.717) is 12.2 Å². The molecule has 1 rings (SSSR count). The summed E-state index contributed by atoms with van der Waals surface area (Å²) in [5.74, 6) is -0.190. The predicted molar refractivity (Wildman–Crippen MR) is 85.3 cm³/mol. The third-order valence-electron chi connectivity index (χ3n) is 3.35. The first-order chi connectivity index (χ1) is 10.4. The van der Waals surface area contributed by atoms with Crippen molar-refractivity contribution in [2.75, 3.05) is 20.3 Å². The number of sulfonamides is 1. The molecule has 0 bridgehead atoms. The Morgan fingerprint density at radius 1 is 1.18 bits per heavy atom. The van der Waals surface area contributed by atoms with Crippen LogP contribution in [-0.2, 0) is 14.8 Å². The Morgan fingerprint density at radius 2 is 1.77 bits per heavy atom. The molecule has 22 heavy (non-hydrogen) atoms. The van der Waals surface area contributed by atoms with E-state index in [9.17, 15) is 13.2 Å². The molecule has 0 heterocycles. The average molecular weight is 328 g/mol. The Morgan fingerprint density at radius 3 is 2.27 bits per heavy atom. The topological polar surface area (TPSA) is 84.5 Å². The second kappa shape index (κ2) is 8.87. The molecule has 0 saturated carbocycles. The van der Waals surface area contributed by atoms with E-state index in [2.05, 4.69) is 10.0 Å². The van der Waals surface area contributed by atoms with Gasteiger partial charge in [0.25, 0.3) is 5.91 Å². The Bertz CT molecular complexity index is 566. The van der Waals surface area contributed by atoms with Crippen molar-refractivity contribution >= 4 is 15.9 Å². The Balaban J connectivity index is 2.75. The molecule has 1 aromatic carbocycles. The van der Waals surface area contributed by atoms with E-state index < -0.39 is 10.0 Å². The molecule has 0 spiro atoms. The molecular weight excluding hydrogens is 304 g/mol. The number of benzene rings is 1. The number of ether oxygens (including phenoxy) is 1. The molecule has 0 radical (unpaired) electrons. The van der Waals surface area contributed by atoms with Crippen LogP contribution in [-0.4, -0.2) is 40.6 Å². The summed E-state index contributed by atoms with van der Waals surface area (Å²) in [5, 5.41) is 2.91. The zero-order valence-electron chi connectivity index (χ0n) is 13.3. The Kier molecular flexibility index (Phi) is 7.50. The van der Waals surface area contributed by atoms with Crippen molar-refractivity contribution < 1.29 is 17.9 Å². The maximum atomic E-state index is 12.1. The van der Waals surface area contributed by atoms with Gasteiger partial charge in [0.1, 0.15) is 0 Å². The van der Waals surface area contributed by atoms with Gasteiger partial charge in [-0.05, 0) is 37.1 Å². The molecule has 0 atom stereocenters. The highest BCUT2D eigenvalue weighted by molar-refractivity contribution is 7.89. The fourth-order valence-electron chi connectivity index (χ4n) is 1.91. The van der Waals surface area contributed by atoms with Crippen LogP contribution in [0.3, 0.4) is 0 Å². The van der Waals surface area contributed by atoms with Crippen molar-refractivity contribution in [3.05, 3.63) is 29.8 Å². The lowest BCUT2D eigenvalue weighted by atomic mass is 10.1. The van der Waals surface area contributed by atoms with Gasteiger partial charge in [0.05, 0.1) is 11.5 Å². The smallest absolute Gasteiger partial charge is 0.251 e. The lowest BCUT2D eigenvalue weighted by Gasteiger charge is -2.14. The molecule has 0 aliphatic heterocycles. The molecule has 0 fully saturated rings. The molecule has 124 valence electrons. The fraction of sp³-hybridized carbons (Fsp3) is 0.533. The highest BCUT2D eigenvalue weighted by Gasteiger charge is 2.15. The number of methoxy groups -OCH3 is 1. The summed E-state index contributed by atoms with van der Waals surface area (Å²) in [4.78, 5) is 12.2. The van der Waals surface area contributed by atoms with Gasteiger partial charge in [-0.1, -0.05) is 13.8 Å². The van der Waals surface area contributed by atoms with Crippen molar-refractivity contribution in [1.29, 1.82) is 0 Å². The van der Waals surface area contributed by atoms with Crippen LogP contribution in [0.1, 0.15) is 37.0 Å². The first kappa shape index (κ1) is 18.6. The largest absolute Gasteiger partial charge is 0.383 e. The summed E-state index contributed by atoms with van der Waals surface area (Å²) in [7, 11) is -2.07. The second-order valence-electron chi connectivity index (χ2n) is 4.90. The van der Waals surface area contributed by atoms with Crippen LogP contribution in [0.4, 0.5) is 0 Å². The molecule has 1 aromatic rings. The van der Waals surface area contributed by atoms with E-state index >= 15 is 0 Å². The van der Waals surface area contributed by atoms with Gasteiger partial charge in [0.2, 0.25) is 10.0 Å². The summed E-state index contributed by atoms with van der Waals surface area (Å²) in [6.07, 6.45) is 1.72. The van der Waals surface area contributed by atoms with Crippen molar-refractivity contribution in [2.24, 2.45) is 0 Å². The molecule has 0 aliphatic carbocycles. The number of amides is 1. The zero-order chi connectivity index (χ0) is 16.6. The van der Waals surface area contributed by atoms with Crippen LogP contribution < -0.4 is 10.0 Å². The maximum Gasteiger partial charge on any atom is 0.251 e. The molecule has 0 saturated heterocycles. The van der Waals surface area contributed by atoms with E-state index in [0.717, 1.165) is 12.8 Å². The second-order valence-corrected chi connectivity index (χ2v) is 6.67. The molecule has 1 amide bonds. The maximum absolute atomic E-state index is 12.1. The van der Waals surface area contributed by atoms with Crippen LogP contribution in [0.15, 0.2) is 29.2 Å². The summed E-state index contributed by atoms with van der Waals surface area (Å²) >= 11 is 0. The molecular formula is C15H24N2O4S. The minimum atomic E-state index is -3.57. The van der Waals surface area contributed by atoms with E-state index in [4.69, 9.17) is 4.74 Å². The number of carbonyl (C=O) groups is 1. The van der Waals surface area contributed by atoms with Crippen LogP contribution in [0.2, 0.25) is 0 Å². The number of carbonyl (C=O) groups excluding carboxylic acids is 1. The van der Waals surface area contributed by atoms with Crippen LogP contribution in [0, 0.1) is 0 Å². The minimum Gasteiger partial charge on any atom is -0.383 e. The highest BCUT2D eigenvalue weighted by atomic mass is 32.2. The number of hydrogen-bond acceptors (Lipinski definition) is 4. The first-order valence-corrected chi connectivity index (χ1v) is 8.82. The monoisotopic (exact) mass is 328 g/mol. The lowest BCUT2D eigenvalue weighted by Crippen LogP contribution is -2.33. The van der Waals surface area contributed by atoms with E-state index in [1.807, 2.05) is 13.8 Å². The normalized spacial score (nSPS) is 11.6. The summed E-state index contributed by atoms with van der Waals surface area (Å²) in [6, 6.07) is 6.02. The van der Waals surface area contributed by atoms with Gasteiger partial charge in [0, 0.05) is 25.3 Å². The highest BCUT2D eigenvalue weighted by Crippen LogP contribution is 2.11. The summed E-state index contributed by atoms with van der Waals surface area (Å²) in [5.41, 5.74) is 0.447. The quantitative estimate of drug-likeness (QED) is 0.673. The standard InChI is InChI=1S/C15H24N2O4S/c1-4-13(5-2)17-15(18)12-6-8-14(9-7-12)22(19,20)16-10-11-21-3/h6-9,13,16H,4-5,10-11H2,1-3H3,(H,17,18). The molecule has 0 aliphatic rings. The molecule has 0 unspecified atom stereocenters. The van der Waals surface area contributed by atoms with Crippen molar-refractivity contribution in [3.63, 3.8) is 0 Å². The van der Waals surface area contributed by atoms with Gasteiger partial charge in [-0.3, -0.25) is 4.79 Å². The Hall–Kier alpha value is -1.44. The third kappa shape index (κ3) is 5.40. The molecule has 0 aromatic heterocycles. The van der Waals surface area contributed by atoms with E-state index in [1.165, 1.54) is 31.4 Å². The van der Waals surface area contributed by atoms with Crippen LogP contribution >= 0.6 is 0 Å². The van der Waals surface area contributed by atoms with Crippen LogP contribution in [0.25, 0.3) is 0 Å². The first-order valence-electron chi connectivity index (χ1n) is 7.34. The van der Waals surface area contributed by atoms with Gasteiger partial charge in [0.15, 0.2) is 0 Å². The van der Waals surface area contributed by atoms with Gasteiger partial charge < -0.3 is 10.1 Å². The summed E-state index contributed by atoms with van der Waals surface area (Å²) < 4.78 is 31.2. The number of rotatable bonds is 9. The summed E-state index contributed by atoms with van der Waals surface area (Å²) in [6.45, 7) is 4.52. The molecule has 6 nitrogen and oxygen atoms in total. The van der Waals surface area contributed by atoms with Gasteiger partial charge in [-0.2, -0.15) is 0 Å². The lowest BCUT2D eigenvalue weighted by molar-refractivity contribution is 0.0934. The van der Waals surface area contributed by atoms with Gasteiger partial charge >= 0.3 is 0 Å².